The number of nitrogens with one attached hydrogen (secondary N) is 1. The topological polar surface area (TPSA) is 66.5 Å². The Bertz CT molecular complexity index is 831. The molecule has 2 aromatic rings. The van der Waals surface area contributed by atoms with Crippen molar-refractivity contribution in [3.8, 4) is 0 Å². The van der Waals surface area contributed by atoms with Crippen molar-refractivity contribution in [2.75, 3.05) is 25.5 Å². The molecule has 5 nitrogen and oxygen atoms in total. The number of hydrogen-bond acceptors (Lipinski definition) is 4. The van der Waals surface area contributed by atoms with Gasteiger partial charge in [0.2, 0.25) is 5.91 Å². The maximum atomic E-state index is 12.5. The van der Waals surface area contributed by atoms with Gasteiger partial charge in [-0.15, -0.1) is 0 Å². The molecule has 2 rings (SSSR count). The van der Waals surface area contributed by atoms with Gasteiger partial charge in [-0.05, 0) is 43.7 Å². The summed E-state index contributed by atoms with van der Waals surface area (Å²) in [6.07, 6.45) is 0. The number of rotatable bonds is 7. The van der Waals surface area contributed by atoms with Crippen LogP contribution in [0.4, 0.5) is 5.69 Å². The van der Waals surface area contributed by atoms with Crippen LogP contribution in [0.3, 0.4) is 0 Å². The van der Waals surface area contributed by atoms with Crippen LogP contribution in [0.25, 0.3) is 0 Å². The fourth-order valence-corrected chi connectivity index (χ4v) is 3.87. The molecule has 0 spiro atoms. The summed E-state index contributed by atoms with van der Waals surface area (Å²) in [4.78, 5) is 14.7. The Labute approximate surface area is 156 Å². The third-order valence-corrected chi connectivity index (χ3v) is 6.62. The van der Waals surface area contributed by atoms with Gasteiger partial charge in [-0.3, -0.25) is 4.79 Å². The van der Waals surface area contributed by atoms with Gasteiger partial charge < -0.3 is 10.2 Å². The average molecular weight is 375 g/mol. The minimum atomic E-state index is -3.46. The highest BCUT2D eigenvalue weighted by Crippen LogP contribution is 2.20. The zero-order valence-electron chi connectivity index (χ0n) is 15.6. The Morgan fingerprint density at radius 3 is 2.12 bits per heavy atom. The van der Waals surface area contributed by atoms with Gasteiger partial charge >= 0.3 is 0 Å². The van der Waals surface area contributed by atoms with E-state index in [1.165, 1.54) is 0 Å². The van der Waals surface area contributed by atoms with E-state index in [4.69, 9.17) is 0 Å². The van der Waals surface area contributed by atoms with Gasteiger partial charge in [-0.25, -0.2) is 8.42 Å². The maximum absolute atomic E-state index is 12.5. The van der Waals surface area contributed by atoms with Crippen molar-refractivity contribution in [2.24, 2.45) is 0 Å². The van der Waals surface area contributed by atoms with Crippen LogP contribution >= 0.6 is 0 Å². The normalized spacial score (nSPS) is 13.7. The quantitative estimate of drug-likeness (QED) is 0.809. The second kappa shape index (κ2) is 8.36. The van der Waals surface area contributed by atoms with Crippen molar-refractivity contribution in [3.63, 3.8) is 0 Å². The molecule has 26 heavy (non-hydrogen) atoms. The molecule has 2 unspecified atom stereocenters. The van der Waals surface area contributed by atoms with Gasteiger partial charge in [0.25, 0.3) is 0 Å². The van der Waals surface area contributed by atoms with Crippen LogP contribution in [-0.4, -0.2) is 40.2 Å². The van der Waals surface area contributed by atoms with E-state index >= 15 is 0 Å². The summed E-state index contributed by atoms with van der Waals surface area (Å²) in [5.41, 5.74) is 1.95. The largest absolute Gasteiger partial charge is 0.378 e. The molecule has 1 N–H and O–H groups in total. The zero-order chi connectivity index (χ0) is 19.3. The Morgan fingerprint density at radius 1 is 1.00 bits per heavy atom. The van der Waals surface area contributed by atoms with Crippen LogP contribution in [0.15, 0.2) is 59.5 Å². The van der Waals surface area contributed by atoms with Crippen molar-refractivity contribution in [1.29, 1.82) is 0 Å². The van der Waals surface area contributed by atoms with Crippen LogP contribution in [0.5, 0.6) is 0 Å². The zero-order valence-corrected chi connectivity index (χ0v) is 16.5. The van der Waals surface area contributed by atoms with Gasteiger partial charge in [0.15, 0.2) is 9.84 Å². The van der Waals surface area contributed by atoms with E-state index in [0.717, 1.165) is 11.3 Å². The first-order valence-electron chi connectivity index (χ1n) is 8.57. The van der Waals surface area contributed by atoms with E-state index in [9.17, 15) is 13.2 Å². The standard InChI is InChI=1S/C20H26N2O3S/c1-15(26(24,25)19-8-6-5-7-9-19)14-21-20(23)16(2)17-10-12-18(13-11-17)22(3)4/h5-13,15-16H,14H2,1-4H3,(H,21,23). The predicted octanol–water partition coefficient (Wildman–Crippen LogP) is 2.83. The Hall–Kier alpha value is -2.34. The highest BCUT2D eigenvalue weighted by molar-refractivity contribution is 7.92. The van der Waals surface area contributed by atoms with E-state index in [0.29, 0.717) is 0 Å². The Morgan fingerprint density at radius 2 is 1.58 bits per heavy atom. The molecule has 2 atom stereocenters. The molecule has 2 aromatic carbocycles. The first-order chi connectivity index (χ1) is 12.2. The second-order valence-corrected chi connectivity index (χ2v) is 8.99. The summed E-state index contributed by atoms with van der Waals surface area (Å²) in [5.74, 6) is -0.532. The minimum Gasteiger partial charge on any atom is -0.378 e. The lowest BCUT2D eigenvalue weighted by Gasteiger charge is -2.18. The van der Waals surface area contributed by atoms with E-state index in [-0.39, 0.29) is 23.3 Å². The van der Waals surface area contributed by atoms with Crippen molar-refractivity contribution < 1.29 is 13.2 Å². The molecule has 0 saturated heterocycles. The summed E-state index contributed by atoms with van der Waals surface area (Å²) in [6, 6.07) is 16.1. The van der Waals surface area contributed by atoms with Crippen LogP contribution in [0.1, 0.15) is 25.3 Å². The van der Waals surface area contributed by atoms with Crippen LogP contribution in [-0.2, 0) is 14.6 Å². The fourth-order valence-electron chi connectivity index (χ4n) is 2.56. The van der Waals surface area contributed by atoms with Gasteiger partial charge in [0, 0.05) is 26.3 Å². The van der Waals surface area contributed by atoms with E-state index < -0.39 is 15.1 Å². The fraction of sp³-hybridized carbons (Fsp3) is 0.350. The van der Waals surface area contributed by atoms with E-state index in [2.05, 4.69) is 5.32 Å². The molecule has 6 heteroatoms. The molecule has 0 aromatic heterocycles. The first-order valence-corrected chi connectivity index (χ1v) is 10.1. The molecule has 0 aliphatic carbocycles. The number of nitrogens with zero attached hydrogens (tertiary/aromatic N) is 1. The summed E-state index contributed by atoms with van der Waals surface area (Å²) in [5, 5.41) is 2.07. The van der Waals surface area contributed by atoms with Crippen LogP contribution in [0, 0.1) is 0 Å². The number of carbonyl (C=O) groups is 1. The van der Waals surface area contributed by atoms with Crippen LogP contribution in [0.2, 0.25) is 0 Å². The average Bonchev–Trinajstić information content (AvgIpc) is 2.65. The summed E-state index contributed by atoms with van der Waals surface area (Å²) < 4.78 is 25.1. The number of amides is 1. The molecular formula is C20H26N2O3S. The Balaban J connectivity index is 1.99. The molecule has 0 saturated carbocycles. The van der Waals surface area contributed by atoms with Gasteiger partial charge in [0.1, 0.15) is 0 Å². The third kappa shape index (κ3) is 4.64. The number of sulfone groups is 1. The SMILES string of the molecule is CC(C(=O)NCC(C)S(=O)(=O)c1ccccc1)c1ccc(N(C)C)cc1. The van der Waals surface area contributed by atoms with E-state index in [1.807, 2.05) is 50.2 Å². The molecule has 0 aliphatic rings. The molecule has 0 bridgehead atoms. The lowest BCUT2D eigenvalue weighted by molar-refractivity contribution is -0.122. The molecule has 0 heterocycles. The Kier molecular flexibility index (Phi) is 6.42. The summed E-state index contributed by atoms with van der Waals surface area (Å²) in [7, 11) is 0.456. The second-order valence-electron chi connectivity index (χ2n) is 6.62. The van der Waals surface area contributed by atoms with Crippen molar-refractivity contribution in [1.82, 2.24) is 5.32 Å². The molecule has 0 fully saturated rings. The van der Waals surface area contributed by atoms with Gasteiger partial charge in [0.05, 0.1) is 16.1 Å². The molecule has 1 amide bonds. The first kappa shape index (κ1) is 20.0. The summed E-state index contributed by atoms with van der Waals surface area (Å²) in [6.45, 7) is 3.51. The van der Waals surface area contributed by atoms with E-state index in [1.54, 1.807) is 37.3 Å². The molecule has 0 radical (unpaired) electrons. The highest BCUT2D eigenvalue weighted by Gasteiger charge is 2.24. The number of hydrogen-bond donors (Lipinski definition) is 1. The van der Waals surface area contributed by atoms with Crippen LogP contribution < -0.4 is 10.2 Å². The van der Waals surface area contributed by atoms with Gasteiger partial charge in [-0.1, -0.05) is 30.3 Å². The highest BCUT2D eigenvalue weighted by atomic mass is 32.2. The number of benzene rings is 2. The lowest BCUT2D eigenvalue weighted by Crippen LogP contribution is -2.37. The molecule has 140 valence electrons. The lowest BCUT2D eigenvalue weighted by atomic mass is 10.00. The minimum absolute atomic E-state index is 0.0795. The number of anilines is 1. The van der Waals surface area contributed by atoms with Crippen molar-refractivity contribution in [2.45, 2.75) is 29.9 Å². The van der Waals surface area contributed by atoms with Gasteiger partial charge in [-0.2, -0.15) is 0 Å². The smallest absolute Gasteiger partial charge is 0.227 e. The van der Waals surface area contributed by atoms with Crippen molar-refractivity contribution >= 4 is 21.4 Å². The summed E-state index contributed by atoms with van der Waals surface area (Å²) >= 11 is 0. The van der Waals surface area contributed by atoms with Crippen molar-refractivity contribution in [3.05, 3.63) is 60.2 Å². The molecular weight excluding hydrogens is 348 g/mol. The predicted molar refractivity (Wildman–Crippen MR) is 105 cm³/mol. The molecule has 0 aliphatic heterocycles. The number of carbonyl (C=O) groups excluding carboxylic acids is 1. The third-order valence-electron chi connectivity index (χ3n) is 4.47. The maximum Gasteiger partial charge on any atom is 0.227 e. The monoisotopic (exact) mass is 374 g/mol.